The maximum atomic E-state index is 10.9. The lowest BCUT2D eigenvalue weighted by Gasteiger charge is -2.39. The molecule has 0 bridgehead atoms. The van der Waals surface area contributed by atoms with E-state index in [2.05, 4.69) is 10.3 Å². The van der Waals surface area contributed by atoms with Crippen LogP contribution in [-0.2, 0) is 38.7 Å². The van der Waals surface area contributed by atoms with Crippen molar-refractivity contribution in [2.45, 2.75) is 38.1 Å². The molecule has 0 fully saturated rings. The highest BCUT2D eigenvalue weighted by molar-refractivity contribution is 5.55. The van der Waals surface area contributed by atoms with Gasteiger partial charge in [-0.15, -0.1) is 5.10 Å². The molecule has 0 saturated heterocycles. The molecular weight excluding hydrogens is 588 g/mol. The first-order valence-corrected chi connectivity index (χ1v) is 14.3. The van der Waals surface area contributed by atoms with Gasteiger partial charge in [0, 0.05) is 24.2 Å². The molecule has 0 aliphatic carbocycles. The number of fused-ring (bicyclic) bond motifs is 1. The van der Waals surface area contributed by atoms with Crippen LogP contribution in [0.4, 0.5) is 0 Å². The molecule has 1 aliphatic heterocycles. The van der Waals surface area contributed by atoms with Gasteiger partial charge in [0.2, 0.25) is 0 Å². The van der Waals surface area contributed by atoms with Gasteiger partial charge >= 0.3 is 0 Å². The zero-order chi connectivity index (χ0) is 31.8. The van der Waals surface area contributed by atoms with E-state index in [4.69, 9.17) is 29.4 Å². The van der Waals surface area contributed by atoms with E-state index in [0.717, 1.165) is 5.56 Å². The molecular formula is C31H36N4O10. The molecule has 0 saturated carbocycles. The van der Waals surface area contributed by atoms with Gasteiger partial charge in [-0.3, -0.25) is 0 Å². The van der Waals surface area contributed by atoms with Crippen molar-refractivity contribution in [3.8, 4) is 34.5 Å². The normalized spacial score (nSPS) is 17.6. The average Bonchev–Trinajstić information content (AvgIpc) is 3.48. The standard InChI is InChI=1S/C31H36N4O10/c32-6-8-41-10-11-42-9-7-35-16-21(33-34-35)18-44-30-27-23(37)14-22(36)15-26(27)45-29(20-12-24(38)28(40)25(39)13-20)31(30)43-17-19-4-2-1-3-5-19/h1-5,12-16,29-31,36-40H,6-11,17-18,32H2. The lowest BCUT2D eigenvalue weighted by molar-refractivity contribution is -0.144. The number of nitrogens with zero attached hydrogens (tertiary/aromatic N) is 3. The predicted octanol–water partition coefficient (Wildman–Crippen LogP) is 2.78. The molecule has 240 valence electrons. The molecule has 7 N–H and O–H groups in total. The molecule has 0 spiro atoms. The number of rotatable bonds is 15. The van der Waals surface area contributed by atoms with Crippen molar-refractivity contribution < 1.29 is 49.2 Å². The summed E-state index contributed by atoms with van der Waals surface area (Å²) >= 11 is 0. The van der Waals surface area contributed by atoms with Crippen molar-refractivity contribution in [3.05, 3.63) is 83.2 Å². The van der Waals surface area contributed by atoms with Crippen molar-refractivity contribution in [2.24, 2.45) is 5.73 Å². The third-order valence-electron chi connectivity index (χ3n) is 7.04. The summed E-state index contributed by atoms with van der Waals surface area (Å²) in [4.78, 5) is 0. The van der Waals surface area contributed by atoms with Gasteiger partial charge in [-0.2, -0.15) is 0 Å². The summed E-state index contributed by atoms with van der Waals surface area (Å²) < 4.78 is 31.4. The second kappa shape index (κ2) is 14.9. The van der Waals surface area contributed by atoms with E-state index in [0.29, 0.717) is 45.2 Å². The Labute approximate surface area is 258 Å². The summed E-state index contributed by atoms with van der Waals surface area (Å²) in [5.41, 5.74) is 7.22. The highest BCUT2D eigenvalue weighted by atomic mass is 16.6. The van der Waals surface area contributed by atoms with E-state index in [-0.39, 0.29) is 41.6 Å². The topological polar surface area (TPSA) is 204 Å². The van der Waals surface area contributed by atoms with Crippen molar-refractivity contribution >= 4 is 0 Å². The van der Waals surface area contributed by atoms with Gasteiger partial charge in [-0.1, -0.05) is 35.5 Å². The van der Waals surface area contributed by atoms with Crippen LogP contribution in [0.15, 0.2) is 60.8 Å². The van der Waals surface area contributed by atoms with E-state index in [1.165, 1.54) is 24.3 Å². The summed E-state index contributed by atoms with van der Waals surface area (Å²) in [5.74, 6) is -2.25. The number of aromatic nitrogens is 3. The van der Waals surface area contributed by atoms with Gasteiger partial charge in [-0.05, 0) is 17.7 Å². The van der Waals surface area contributed by atoms with Crippen LogP contribution < -0.4 is 10.5 Å². The highest BCUT2D eigenvalue weighted by Crippen LogP contribution is 2.51. The molecule has 0 amide bonds. The van der Waals surface area contributed by atoms with Crippen molar-refractivity contribution in [3.63, 3.8) is 0 Å². The Morgan fingerprint density at radius 3 is 2.29 bits per heavy atom. The highest BCUT2D eigenvalue weighted by Gasteiger charge is 2.43. The SMILES string of the molecule is NCCOCCOCCn1cc(COC2c3c(O)cc(O)cc3OC(c3cc(O)c(O)c(O)c3)C2OCc2ccccc2)nn1. The Morgan fingerprint density at radius 1 is 0.822 bits per heavy atom. The Balaban J connectivity index is 1.39. The van der Waals surface area contributed by atoms with Crippen LogP contribution in [0.1, 0.15) is 34.6 Å². The zero-order valence-electron chi connectivity index (χ0n) is 24.4. The smallest absolute Gasteiger partial charge is 0.200 e. The molecule has 14 heteroatoms. The fourth-order valence-electron chi connectivity index (χ4n) is 4.93. The van der Waals surface area contributed by atoms with Crippen LogP contribution in [0.2, 0.25) is 0 Å². The second-order valence-corrected chi connectivity index (χ2v) is 10.3. The molecule has 45 heavy (non-hydrogen) atoms. The molecule has 1 aromatic heterocycles. The summed E-state index contributed by atoms with van der Waals surface area (Å²) in [7, 11) is 0. The molecule has 0 radical (unpaired) electrons. The summed E-state index contributed by atoms with van der Waals surface area (Å²) in [6.45, 7) is 2.73. The van der Waals surface area contributed by atoms with Crippen LogP contribution >= 0.6 is 0 Å². The Hall–Kier alpha value is -4.60. The number of ether oxygens (including phenoxy) is 5. The molecule has 3 atom stereocenters. The van der Waals surface area contributed by atoms with Crippen molar-refractivity contribution in [1.82, 2.24) is 15.0 Å². The van der Waals surface area contributed by atoms with E-state index in [1.807, 2.05) is 30.3 Å². The Morgan fingerprint density at radius 2 is 1.56 bits per heavy atom. The van der Waals surface area contributed by atoms with Crippen LogP contribution in [0.3, 0.4) is 0 Å². The Kier molecular flexibility index (Phi) is 10.5. The van der Waals surface area contributed by atoms with Gasteiger partial charge in [0.05, 0.1) is 57.9 Å². The van der Waals surface area contributed by atoms with Gasteiger partial charge < -0.3 is 55.0 Å². The van der Waals surface area contributed by atoms with E-state index >= 15 is 0 Å². The van der Waals surface area contributed by atoms with Crippen LogP contribution in [0.5, 0.6) is 34.5 Å². The zero-order valence-corrected chi connectivity index (χ0v) is 24.4. The first kappa shape index (κ1) is 31.8. The molecule has 14 nitrogen and oxygen atoms in total. The van der Waals surface area contributed by atoms with E-state index in [1.54, 1.807) is 10.9 Å². The van der Waals surface area contributed by atoms with Gasteiger partial charge in [0.15, 0.2) is 23.4 Å². The quantitative estimate of drug-likeness (QED) is 0.0833. The monoisotopic (exact) mass is 624 g/mol. The number of hydrogen-bond acceptors (Lipinski definition) is 13. The van der Waals surface area contributed by atoms with Crippen LogP contribution in [-0.4, -0.2) is 79.6 Å². The molecule has 1 aliphatic rings. The lowest BCUT2D eigenvalue weighted by atomic mass is 9.90. The molecule has 3 aromatic carbocycles. The number of nitrogens with two attached hydrogens (primary N) is 1. The minimum atomic E-state index is -1.02. The summed E-state index contributed by atoms with van der Waals surface area (Å²) in [5, 5.41) is 60.0. The minimum Gasteiger partial charge on any atom is -0.508 e. The summed E-state index contributed by atoms with van der Waals surface area (Å²) in [6, 6.07) is 14.3. The average molecular weight is 625 g/mol. The van der Waals surface area contributed by atoms with Gasteiger partial charge in [0.1, 0.15) is 35.2 Å². The fourth-order valence-corrected chi connectivity index (χ4v) is 4.93. The second-order valence-electron chi connectivity index (χ2n) is 10.3. The largest absolute Gasteiger partial charge is 0.508 e. The molecule has 3 unspecified atom stereocenters. The number of phenolic OH excluding ortho intramolecular Hbond substituents is 5. The van der Waals surface area contributed by atoms with Crippen molar-refractivity contribution in [2.75, 3.05) is 33.0 Å². The maximum Gasteiger partial charge on any atom is 0.200 e. The third-order valence-corrected chi connectivity index (χ3v) is 7.04. The number of benzene rings is 3. The van der Waals surface area contributed by atoms with Crippen LogP contribution in [0.25, 0.3) is 0 Å². The Bertz CT molecular complexity index is 1530. The first-order chi connectivity index (χ1) is 21.8. The van der Waals surface area contributed by atoms with Gasteiger partial charge in [-0.25, -0.2) is 4.68 Å². The van der Waals surface area contributed by atoms with E-state index in [9.17, 15) is 25.5 Å². The lowest BCUT2D eigenvalue weighted by Crippen LogP contribution is -2.38. The first-order valence-electron chi connectivity index (χ1n) is 14.3. The van der Waals surface area contributed by atoms with Crippen molar-refractivity contribution in [1.29, 1.82) is 0 Å². The van der Waals surface area contributed by atoms with Crippen LogP contribution in [0, 0.1) is 0 Å². The number of phenols is 5. The number of hydrogen-bond donors (Lipinski definition) is 6. The fraction of sp³-hybridized carbons (Fsp3) is 0.355. The molecule has 5 rings (SSSR count). The van der Waals surface area contributed by atoms with E-state index < -0.39 is 35.6 Å². The maximum absolute atomic E-state index is 10.9. The minimum absolute atomic E-state index is 0.0395. The predicted molar refractivity (Wildman–Crippen MR) is 158 cm³/mol. The molecule has 2 heterocycles. The third kappa shape index (κ3) is 7.92. The number of aromatic hydroxyl groups is 5. The summed E-state index contributed by atoms with van der Waals surface area (Å²) in [6.07, 6.45) is -1.26. The van der Waals surface area contributed by atoms with Gasteiger partial charge in [0.25, 0.3) is 0 Å². The molecule has 4 aromatic rings.